The van der Waals surface area contributed by atoms with Crippen LogP contribution in [-0.2, 0) is 4.79 Å². The molecule has 2 rings (SSSR count). The van der Waals surface area contributed by atoms with Crippen LogP contribution in [0.4, 0.5) is 0 Å². The third kappa shape index (κ3) is 2.65. The summed E-state index contributed by atoms with van der Waals surface area (Å²) in [5, 5.41) is 0. The lowest BCUT2D eigenvalue weighted by Crippen LogP contribution is -2.45. The number of rotatable bonds is 1. The quantitative estimate of drug-likeness (QED) is 0.681. The van der Waals surface area contributed by atoms with Gasteiger partial charge < -0.3 is 0 Å². The van der Waals surface area contributed by atoms with E-state index in [9.17, 15) is 4.79 Å². The maximum absolute atomic E-state index is 11.4. The minimum atomic E-state index is 0.429. The van der Waals surface area contributed by atoms with Crippen LogP contribution in [0, 0.1) is 10.8 Å². The van der Waals surface area contributed by atoms with Crippen LogP contribution in [0.3, 0.4) is 0 Å². The highest BCUT2D eigenvalue weighted by atomic mass is 16.1. The van der Waals surface area contributed by atoms with Gasteiger partial charge in [-0.05, 0) is 30.1 Å². The molecule has 0 spiro atoms. The highest BCUT2D eigenvalue weighted by Crippen LogP contribution is 2.47. The van der Waals surface area contributed by atoms with Crippen molar-refractivity contribution in [2.45, 2.75) is 59.4 Å². The Hall–Kier alpha value is -0.370. The molecule has 0 aromatic carbocycles. The molecular weight excluding hydrogens is 198 g/mol. The number of Topliss-reactive ketones (excluding diaryl/α,β-unsaturated/α-hetero) is 1. The number of ketones is 1. The molecular formula is C14H25NO. The van der Waals surface area contributed by atoms with Crippen molar-refractivity contribution in [1.82, 2.24) is 4.90 Å². The van der Waals surface area contributed by atoms with Gasteiger partial charge in [-0.3, -0.25) is 9.69 Å². The topological polar surface area (TPSA) is 20.3 Å². The van der Waals surface area contributed by atoms with E-state index in [1.54, 1.807) is 0 Å². The van der Waals surface area contributed by atoms with Crippen molar-refractivity contribution in [2.24, 2.45) is 10.8 Å². The van der Waals surface area contributed by atoms with Crippen molar-refractivity contribution in [3.05, 3.63) is 0 Å². The van der Waals surface area contributed by atoms with Gasteiger partial charge in [0.15, 0.2) is 0 Å². The molecule has 0 radical (unpaired) electrons. The Labute approximate surface area is 99.4 Å². The fourth-order valence-corrected chi connectivity index (χ4v) is 4.01. The predicted octanol–water partition coefficient (Wildman–Crippen LogP) is 2.87. The molecule has 2 aliphatic rings. The standard InChI is InChI=1S/C14H25NO/c1-13(2)7-11(8-14(3,4)10-13)15-6-5-12(16)9-15/h11H,5-10H2,1-4H3. The molecule has 0 N–H and O–H groups in total. The van der Waals surface area contributed by atoms with Gasteiger partial charge >= 0.3 is 0 Å². The second-order valence-corrected chi connectivity index (χ2v) is 7.33. The summed E-state index contributed by atoms with van der Waals surface area (Å²) in [6.45, 7) is 11.2. The maximum Gasteiger partial charge on any atom is 0.148 e. The molecule has 0 aromatic rings. The van der Waals surface area contributed by atoms with Crippen molar-refractivity contribution < 1.29 is 4.79 Å². The summed E-state index contributed by atoms with van der Waals surface area (Å²) in [6.07, 6.45) is 4.59. The Balaban J connectivity index is 2.07. The summed E-state index contributed by atoms with van der Waals surface area (Å²) in [4.78, 5) is 13.8. The molecule has 1 aliphatic heterocycles. The molecule has 0 aromatic heterocycles. The molecule has 1 aliphatic carbocycles. The molecule has 0 atom stereocenters. The average Bonchev–Trinajstić information content (AvgIpc) is 2.45. The zero-order chi connectivity index (χ0) is 12.0. The monoisotopic (exact) mass is 223 g/mol. The minimum absolute atomic E-state index is 0.429. The van der Waals surface area contributed by atoms with E-state index in [0.29, 0.717) is 29.2 Å². The van der Waals surface area contributed by atoms with Crippen LogP contribution in [0.5, 0.6) is 0 Å². The third-order valence-electron chi connectivity index (χ3n) is 4.11. The SMILES string of the molecule is CC1(C)CC(N2CCC(=O)C2)CC(C)(C)C1. The van der Waals surface area contributed by atoms with E-state index in [2.05, 4.69) is 32.6 Å². The Morgan fingerprint density at radius 3 is 2.12 bits per heavy atom. The molecule has 1 saturated carbocycles. The number of carbonyl (C=O) groups excluding carboxylic acids is 1. The molecule has 1 saturated heterocycles. The second-order valence-electron chi connectivity index (χ2n) is 7.33. The van der Waals surface area contributed by atoms with Gasteiger partial charge in [0.25, 0.3) is 0 Å². The molecule has 2 fully saturated rings. The molecule has 0 unspecified atom stereocenters. The average molecular weight is 223 g/mol. The van der Waals surface area contributed by atoms with Crippen LogP contribution in [0.2, 0.25) is 0 Å². The largest absolute Gasteiger partial charge is 0.298 e. The zero-order valence-corrected chi connectivity index (χ0v) is 11.2. The van der Waals surface area contributed by atoms with Crippen molar-refractivity contribution >= 4 is 5.78 Å². The van der Waals surface area contributed by atoms with Crippen LogP contribution in [0.15, 0.2) is 0 Å². The Kier molecular flexibility index (Phi) is 2.90. The van der Waals surface area contributed by atoms with Gasteiger partial charge in [-0.15, -0.1) is 0 Å². The fraction of sp³-hybridized carbons (Fsp3) is 0.929. The van der Waals surface area contributed by atoms with E-state index in [4.69, 9.17) is 0 Å². The summed E-state index contributed by atoms with van der Waals surface area (Å²) >= 11 is 0. The fourth-order valence-electron chi connectivity index (χ4n) is 4.01. The highest BCUT2D eigenvalue weighted by molar-refractivity contribution is 5.82. The summed E-state index contributed by atoms with van der Waals surface area (Å²) in [5.74, 6) is 0.432. The van der Waals surface area contributed by atoms with E-state index < -0.39 is 0 Å². The Morgan fingerprint density at radius 1 is 1.12 bits per heavy atom. The molecule has 1 heterocycles. The summed E-state index contributed by atoms with van der Waals surface area (Å²) in [5.41, 5.74) is 0.857. The first-order valence-corrected chi connectivity index (χ1v) is 6.53. The van der Waals surface area contributed by atoms with Crippen molar-refractivity contribution in [1.29, 1.82) is 0 Å². The Bertz CT molecular complexity index is 277. The lowest BCUT2D eigenvalue weighted by Gasteiger charge is -2.47. The first-order chi connectivity index (χ1) is 7.27. The molecule has 0 bridgehead atoms. The normalized spacial score (nSPS) is 30.9. The number of likely N-dealkylation sites (tertiary alicyclic amines) is 1. The summed E-state index contributed by atoms with van der Waals surface area (Å²) in [7, 11) is 0. The smallest absolute Gasteiger partial charge is 0.148 e. The number of hydrogen-bond donors (Lipinski definition) is 0. The van der Waals surface area contributed by atoms with Crippen LogP contribution in [0.25, 0.3) is 0 Å². The minimum Gasteiger partial charge on any atom is -0.298 e. The number of hydrogen-bond acceptors (Lipinski definition) is 2. The van der Waals surface area contributed by atoms with Gasteiger partial charge in [-0.2, -0.15) is 0 Å². The van der Waals surface area contributed by atoms with E-state index in [-0.39, 0.29) is 0 Å². The molecule has 2 nitrogen and oxygen atoms in total. The lowest BCUT2D eigenvalue weighted by atomic mass is 9.63. The van der Waals surface area contributed by atoms with E-state index >= 15 is 0 Å². The summed E-state index contributed by atoms with van der Waals surface area (Å²) < 4.78 is 0. The van der Waals surface area contributed by atoms with Crippen LogP contribution in [-0.4, -0.2) is 29.8 Å². The first-order valence-electron chi connectivity index (χ1n) is 6.53. The summed E-state index contributed by atoms with van der Waals surface area (Å²) in [6, 6.07) is 0.630. The van der Waals surface area contributed by atoms with Gasteiger partial charge in [0, 0.05) is 19.0 Å². The van der Waals surface area contributed by atoms with Crippen LogP contribution < -0.4 is 0 Å². The highest BCUT2D eigenvalue weighted by Gasteiger charge is 2.41. The van der Waals surface area contributed by atoms with Crippen LogP contribution >= 0.6 is 0 Å². The van der Waals surface area contributed by atoms with Gasteiger partial charge in [-0.25, -0.2) is 0 Å². The van der Waals surface area contributed by atoms with Gasteiger partial charge in [0.1, 0.15) is 5.78 Å². The van der Waals surface area contributed by atoms with Gasteiger partial charge in [0.2, 0.25) is 0 Å². The van der Waals surface area contributed by atoms with Crippen molar-refractivity contribution in [3.8, 4) is 0 Å². The maximum atomic E-state index is 11.4. The molecule has 92 valence electrons. The number of nitrogens with zero attached hydrogens (tertiary/aromatic N) is 1. The molecule has 0 amide bonds. The second kappa shape index (κ2) is 3.83. The molecule has 2 heteroatoms. The van der Waals surface area contributed by atoms with Crippen molar-refractivity contribution in [3.63, 3.8) is 0 Å². The van der Waals surface area contributed by atoms with Crippen LogP contribution in [0.1, 0.15) is 53.4 Å². The van der Waals surface area contributed by atoms with E-state index in [0.717, 1.165) is 13.0 Å². The van der Waals surface area contributed by atoms with Crippen molar-refractivity contribution in [2.75, 3.05) is 13.1 Å². The first kappa shape index (κ1) is 12.1. The zero-order valence-electron chi connectivity index (χ0n) is 11.2. The number of carbonyl (C=O) groups is 1. The van der Waals surface area contributed by atoms with Gasteiger partial charge in [-0.1, -0.05) is 27.7 Å². The Morgan fingerprint density at radius 2 is 1.69 bits per heavy atom. The third-order valence-corrected chi connectivity index (χ3v) is 4.11. The van der Waals surface area contributed by atoms with E-state index in [1.807, 2.05) is 0 Å². The lowest BCUT2D eigenvalue weighted by molar-refractivity contribution is -0.117. The van der Waals surface area contributed by atoms with E-state index in [1.165, 1.54) is 19.3 Å². The molecule has 16 heavy (non-hydrogen) atoms. The predicted molar refractivity (Wildman–Crippen MR) is 66.4 cm³/mol. The van der Waals surface area contributed by atoms with Gasteiger partial charge in [0.05, 0.1) is 6.54 Å².